The largest absolute Gasteiger partial charge is 0.416 e. The van der Waals surface area contributed by atoms with Gasteiger partial charge in [-0.15, -0.1) is 10.2 Å². The van der Waals surface area contributed by atoms with Gasteiger partial charge in [-0.25, -0.2) is 4.39 Å². The maximum absolute atomic E-state index is 13.1. The van der Waals surface area contributed by atoms with Gasteiger partial charge in [0.2, 0.25) is 5.89 Å². The van der Waals surface area contributed by atoms with Crippen LogP contribution >= 0.6 is 11.8 Å². The predicted octanol–water partition coefficient (Wildman–Crippen LogP) is 3.46. The van der Waals surface area contributed by atoms with Crippen LogP contribution in [-0.4, -0.2) is 28.7 Å². The van der Waals surface area contributed by atoms with Crippen LogP contribution in [0, 0.1) is 5.82 Å². The third kappa shape index (κ3) is 4.28. The molecular weight excluding hydrogens is 291 g/mol. The lowest BCUT2D eigenvalue weighted by molar-refractivity contribution is 0.0314. The second-order valence-electron chi connectivity index (χ2n) is 5.07. The number of rotatable bonds is 5. The van der Waals surface area contributed by atoms with Crippen LogP contribution < -0.4 is 0 Å². The Bertz CT molecular complexity index is 585. The Balaban J connectivity index is 1.53. The number of halogens is 1. The first-order valence-electron chi connectivity index (χ1n) is 7.11. The molecule has 1 unspecified atom stereocenters. The molecule has 1 atom stereocenters. The van der Waals surface area contributed by atoms with Gasteiger partial charge >= 0.3 is 0 Å². The molecule has 112 valence electrons. The first-order valence-corrected chi connectivity index (χ1v) is 8.09. The Morgan fingerprint density at radius 2 is 2.24 bits per heavy atom. The summed E-state index contributed by atoms with van der Waals surface area (Å²) in [5, 5.41) is 8.57. The summed E-state index contributed by atoms with van der Waals surface area (Å²) >= 11 is 1.52. The lowest BCUT2D eigenvalue weighted by Gasteiger charge is -2.21. The molecule has 1 fully saturated rings. The van der Waals surface area contributed by atoms with Gasteiger partial charge in [0.15, 0.2) is 0 Å². The Morgan fingerprint density at radius 3 is 3.05 bits per heavy atom. The van der Waals surface area contributed by atoms with Gasteiger partial charge in [-0.1, -0.05) is 23.9 Å². The fraction of sp³-hybridized carbons (Fsp3) is 0.467. The molecule has 1 aliphatic heterocycles. The SMILES string of the molecule is Fc1cccc(Cc2nnc(SCC3CCCCO3)o2)c1. The molecule has 0 N–H and O–H groups in total. The summed E-state index contributed by atoms with van der Waals surface area (Å²) in [5.74, 6) is 1.09. The van der Waals surface area contributed by atoms with Crippen LogP contribution in [0.4, 0.5) is 4.39 Å². The van der Waals surface area contributed by atoms with Gasteiger partial charge in [-0.3, -0.25) is 0 Å². The fourth-order valence-electron chi connectivity index (χ4n) is 2.29. The van der Waals surface area contributed by atoms with Crippen LogP contribution in [0.5, 0.6) is 0 Å². The maximum atomic E-state index is 13.1. The molecule has 0 amide bonds. The van der Waals surface area contributed by atoms with Crippen molar-refractivity contribution in [2.45, 2.75) is 37.0 Å². The van der Waals surface area contributed by atoms with E-state index in [0.717, 1.165) is 30.8 Å². The van der Waals surface area contributed by atoms with Crippen LogP contribution in [0.1, 0.15) is 30.7 Å². The van der Waals surface area contributed by atoms with Gasteiger partial charge in [-0.2, -0.15) is 0 Å². The van der Waals surface area contributed by atoms with E-state index in [0.29, 0.717) is 17.5 Å². The molecular formula is C15H17FN2O2S. The lowest BCUT2D eigenvalue weighted by Crippen LogP contribution is -2.21. The van der Waals surface area contributed by atoms with E-state index in [9.17, 15) is 4.39 Å². The number of ether oxygens (including phenoxy) is 1. The molecule has 2 heterocycles. The second-order valence-corrected chi connectivity index (χ2v) is 6.04. The zero-order valence-electron chi connectivity index (χ0n) is 11.6. The number of benzene rings is 1. The highest BCUT2D eigenvalue weighted by Gasteiger charge is 2.16. The highest BCUT2D eigenvalue weighted by atomic mass is 32.2. The van der Waals surface area contributed by atoms with E-state index in [1.54, 1.807) is 6.07 Å². The Kier molecular flexibility index (Phi) is 4.87. The van der Waals surface area contributed by atoms with Crippen LogP contribution in [0.25, 0.3) is 0 Å². The molecule has 4 nitrogen and oxygen atoms in total. The van der Waals surface area contributed by atoms with Crippen molar-refractivity contribution >= 4 is 11.8 Å². The van der Waals surface area contributed by atoms with E-state index >= 15 is 0 Å². The van der Waals surface area contributed by atoms with Crippen molar-refractivity contribution in [2.75, 3.05) is 12.4 Å². The molecule has 2 aromatic rings. The highest BCUT2D eigenvalue weighted by Crippen LogP contribution is 2.23. The summed E-state index contributed by atoms with van der Waals surface area (Å²) in [6.07, 6.45) is 4.20. The van der Waals surface area contributed by atoms with Crippen molar-refractivity contribution < 1.29 is 13.5 Å². The molecule has 0 bridgehead atoms. The lowest BCUT2D eigenvalue weighted by atomic mass is 10.1. The first-order chi connectivity index (χ1) is 10.3. The molecule has 0 saturated carbocycles. The number of hydrogen-bond donors (Lipinski definition) is 0. The summed E-state index contributed by atoms with van der Waals surface area (Å²) < 4.78 is 24.4. The van der Waals surface area contributed by atoms with E-state index in [1.807, 2.05) is 6.07 Å². The number of thioether (sulfide) groups is 1. The first kappa shape index (κ1) is 14.5. The Morgan fingerprint density at radius 1 is 1.29 bits per heavy atom. The second kappa shape index (κ2) is 7.04. The van der Waals surface area contributed by atoms with Crippen molar-refractivity contribution in [1.29, 1.82) is 0 Å². The molecule has 0 aliphatic carbocycles. The maximum Gasteiger partial charge on any atom is 0.276 e. The molecule has 0 radical (unpaired) electrons. The van der Waals surface area contributed by atoms with Gasteiger partial charge in [0.25, 0.3) is 5.22 Å². The molecule has 0 spiro atoms. The fourth-order valence-corrected chi connectivity index (χ4v) is 3.14. The summed E-state index contributed by atoms with van der Waals surface area (Å²) in [6, 6.07) is 6.42. The molecule has 1 aliphatic rings. The van der Waals surface area contributed by atoms with Crippen LogP contribution in [0.2, 0.25) is 0 Å². The molecule has 21 heavy (non-hydrogen) atoms. The van der Waals surface area contributed by atoms with E-state index in [-0.39, 0.29) is 11.9 Å². The van der Waals surface area contributed by atoms with Crippen LogP contribution in [-0.2, 0) is 11.2 Å². The monoisotopic (exact) mass is 308 g/mol. The summed E-state index contributed by atoms with van der Waals surface area (Å²) in [4.78, 5) is 0. The number of aromatic nitrogens is 2. The molecule has 3 rings (SSSR count). The summed E-state index contributed by atoms with van der Waals surface area (Å²) in [6.45, 7) is 0.847. The van der Waals surface area contributed by atoms with Crippen molar-refractivity contribution in [3.05, 3.63) is 41.5 Å². The zero-order chi connectivity index (χ0) is 14.5. The van der Waals surface area contributed by atoms with Gasteiger partial charge in [0.05, 0.1) is 12.5 Å². The zero-order valence-corrected chi connectivity index (χ0v) is 12.4. The average molecular weight is 308 g/mol. The van der Waals surface area contributed by atoms with Gasteiger partial charge in [0.1, 0.15) is 5.82 Å². The minimum Gasteiger partial charge on any atom is -0.416 e. The van der Waals surface area contributed by atoms with Gasteiger partial charge < -0.3 is 9.15 Å². The number of nitrogens with zero attached hydrogens (tertiary/aromatic N) is 2. The minimum atomic E-state index is -0.254. The average Bonchev–Trinajstić information content (AvgIpc) is 2.94. The van der Waals surface area contributed by atoms with Crippen molar-refractivity contribution in [3.63, 3.8) is 0 Å². The van der Waals surface area contributed by atoms with Crippen LogP contribution in [0.3, 0.4) is 0 Å². The normalized spacial score (nSPS) is 18.8. The van der Waals surface area contributed by atoms with E-state index in [4.69, 9.17) is 9.15 Å². The third-order valence-electron chi connectivity index (χ3n) is 3.36. The van der Waals surface area contributed by atoms with Crippen LogP contribution in [0.15, 0.2) is 33.9 Å². The van der Waals surface area contributed by atoms with E-state index in [2.05, 4.69) is 10.2 Å². The van der Waals surface area contributed by atoms with E-state index in [1.165, 1.54) is 30.3 Å². The van der Waals surface area contributed by atoms with Crippen molar-refractivity contribution in [1.82, 2.24) is 10.2 Å². The standard InChI is InChI=1S/C15H17FN2O2S/c16-12-5-3-4-11(8-12)9-14-17-18-15(20-14)21-10-13-6-1-2-7-19-13/h3-5,8,13H,1-2,6-7,9-10H2. The van der Waals surface area contributed by atoms with Crippen molar-refractivity contribution in [2.24, 2.45) is 0 Å². The molecule has 1 saturated heterocycles. The van der Waals surface area contributed by atoms with E-state index < -0.39 is 0 Å². The molecule has 1 aromatic heterocycles. The smallest absolute Gasteiger partial charge is 0.276 e. The highest BCUT2D eigenvalue weighted by molar-refractivity contribution is 7.99. The van der Waals surface area contributed by atoms with Gasteiger partial charge in [0, 0.05) is 12.4 Å². The third-order valence-corrected chi connectivity index (χ3v) is 4.31. The van der Waals surface area contributed by atoms with Gasteiger partial charge in [-0.05, 0) is 37.0 Å². The number of hydrogen-bond acceptors (Lipinski definition) is 5. The quantitative estimate of drug-likeness (QED) is 0.792. The summed E-state index contributed by atoms with van der Waals surface area (Å²) in [5.41, 5.74) is 0.825. The molecule has 6 heteroatoms. The topological polar surface area (TPSA) is 48.2 Å². The Hall–Kier alpha value is -1.40. The minimum absolute atomic E-state index is 0.254. The predicted molar refractivity (Wildman–Crippen MR) is 77.8 cm³/mol. The summed E-state index contributed by atoms with van der Waals surface area (Å²) in [7, 11) is 0. The Labute approximate surface area is 127 Å². The molecule has 1 aromatic carbocycles. The van der Waals surface area contributed by atoms with Crippen molar-refractivity contribution in [3.8, 4) is 0 Å².